The highest BCUT2D eigenvalue weighted by Crippen LogP contribution is 2.13. The van der Waals surface area contributed by atoms with E-state index < -0.39 is 11.7 Å². The Bertz CT molecular complexity index is 735. The standard InChI is InChI=1S/C23H38N2O2.C5H11NO2.C2H6/c1-5-6-16-22(27-23(2,3)4)25-18-12-8-11-15-21(26)24-19-17-20-13-9-7-10-14-20;1-5(2,3)8-4(6)7;1-2/h7,9-10,13-14,16,25H,5-6,8,11-12,15,17-19H2,1-4H3,(H,24,26);1-3H3,(H2,6,7);1-2H3/b22-16-;;. The molecule has 0 bridgehead atoms. The first kappa shape index (κ1) is 36.5. The van der Waals surface area contributed by atoms with Gasteiger partial charge in [-0.15, -0.1) is 0 Å². The van der Waals surface area contributed by atoms with E-state index >= 15 is 0 Å². The van der Waals surface area contributed by atoms with Crippen molar-refractivity contribution in [2.75, 3.05) is 13.1 Å². The Morgan fingerprint density at radius 3 is 1.95 bits per heavy atom. The van der Waals surface area contributed by atoms with Crippen LogP contribution in [-0.2, 0) is 20.7 Å². The Balaban J connectivity index is 0. The van der Waals surface area contributed by atoms with E-state index in [1.807, 2.05) is 32.0 Å². The van der Waals surface area contributed by atoms with Gasteiger partial charge in [0.15, 0.2) is 5.88 Å². The molecule has 0 aliphatic carbocycles. The summed E-state index contributed by atoms with van der Waals surface area (Å²) in [5.74, 6) is 1.03. The summed E-state index contributed by atoms with van der Waals surface area (Å²) in [7, 11) is 0. The Morgan fingerprint density at radius 1 is 0.865 bits per heavy atom. The lowest BCUT2D eigenvalue weighted by Crippen LogP contribution is -2.27. The minimum absolute atomic E-state index is 0.151. The molecule has 0 saturated heterocycles. The van der Waals surface area contributed by atoms with Crippen LogP contribution in [0.2, 0.25) is 0 Å². The lowest BCUT2D eigenvalue weighted by Gasteiger charge is -2.24. The zero-order valence-electron chi connectivity index (χ0n) is 25.0. The summed E-state index contributed by atoms with van der Waals surface area (Å²) >= 11 is 0. The van der Waals surface area contributed by atoms with E-state index in [1.165, 1.54) is 5.56 Å². The normalized spacial score (nSPS) is 11.2. The topological polar surface area (TPSA) is 103 Å². The highest BCUT2D eigenvalue weighted by atomic mass is 16.6. The maximum absolute atomic E-state index is 11.9. The molecule has 0 spiro atoms. The number of allylic oxidation sites excluding steroid dienone is 1. The summed E-state index contributed by atoms with van der Waals surface area (Å²) in [5.41, 5.74) is 5.33. The largest absolute Gasteiger partial charge is 0.474 e. The quantitative estimate of drug-likeness (QED) is 0.194. The molecule has 0 unspecified atom stereocenters. The molecule has 1 rings (SSSR count). The number of ether oxygens (including phenoxy) is 2. The monoisotopic (exact) mass is 521 g/mol. The van der Waals surface area contributed by atoms with Gasteiger partial charge in [-0.25, -0.2) is 4.79 Å². The van der Waals surface area contributed by atoms with Crippen molar-refractivity contribution in [2.45, 2.75) is 118 Å². The third-order valence-corrected chi connectivity index (χ3v) is 4.40. The van der Waals surface area contributed by atoms with Crippen LogP contribution >= 0.6 is 0 Å². The number of primary amides is 1. The molecule has 0 aliphatic heterocycles. The van der Waals surface area contributed by atoms with Crippen molar-refractivity contribution >= 4 is 12.0 Å². The first-order valence-electron chi connectivity index (χ1n) is 13.7. The van der Waals surface area contributed by atoms with Crippen molar-refractivity contribution in [2.24, 2.45) is 5.73 Å². The second-order valence-corrected chi connectivity index (χ2v) is 10.4. The van der Waals surface area contributed by atoms with Crippen LogP contribution in [0.4, 0.5) is 4.79 Å². The number of rotatable bonds is 13. The van der Waals surface area contributed by atoms with Gasteiger partial charge in [-0.2, -0.15) is 0 Å². The third-order valence-electron chi connectivity index (χ3n) is 4.40. The summed E-state index contributed by atoms with van der Waals surface area (Å²) in [6.45, 7) is 19.2. The zero-order valence-corrected chi connectivity index (χ0v) is 25.0. The Kier molecular flexibility index (Phi) is 21.1. The number of amides is 2. The fraction of sp³-hybridized carbons (Fsp3) is 0.667. The van der Waals surface area contributed by atoms with Gasteiger partial charge in [0.25, 0.3) is 0 Å². The summed E-state index contributed by atoms with van der Waals surface area (Å²) in [5, 5.41) is 6.40. The van der Waals surface area contributed by atoms with Crippen LogP contribution < -0.4 is 16.4 Å². The number of nitrogens with two attached hydrogens (primary N) is 1. The number of benzene rings is 1. The minimum atomic E-state index is -0.725. The van der Waals surface area contributed by atoms with Crippen molar-refractivity contribution in [3.8, 4) is 0 Å². The van der Waals surface area contributed by atoms with Gasteiger partial charge in [-0.1, -0.05) is 63.9 Å². The van der Waals surface area contributed by atoms with E-state index in [-0.39, 0.29) is 11.5 Å². The lowest BCUT2D eigenvalue weighted by atomic mass is 10.1. The van der Waals surface area contributed by atoms with Crippen LogP contribution in [0.15, 0.2) is 42.3 Å². The van der Waals surface area contributed by atoms with Crippen LogP contribution in [0.3, 0.4) is 0 Å². The van der Waals surface area contributed by atoms with Crippen LogP contribution in [0.25, 0.3) is 0 Å². The van der Waals surface area contributed by atoms with Gasteiger partial charge >= 0.3 is 6.09 Å². The second-order valence-electron chi connectivity index (χ2n) is 10.4. The second kappa shape index (κ2) is 21.4. The summed E-state index contributed by atoms with van der Waals surface area (Å²) in [6.07, 6.45) is 8.02. The smallest absolute Gasteiger partial charge is 0.405 e. The molecular formula is C30H55N3O4. The first-order chi connectivity index (χ1) is 17.3. The Morgan fingerprint density at radius 2 is 1.46 bits per heavy atom. The van der Waals surface area contributed by atoms with Crippen molar-refractivity contribution < 1.29 is 19.1 Å². The van der Waals surface area contributed by atoms with Crippen molar-refractivity contribution in [3.05, 3.63) is 47.9 Å². The molecule has 0 aromatic heterocycles. The number of unbranched alkanes of at least 4 members (excludes halogenated alkanes) is 3. The highest BCUT2D eigenvalue weighted by Gasteiger charge is 2.13. The van der Waals surface area contributed by atoms with Gasteiger partial charge in [0.1, 0.15) is 11.2 Å². The molecule has 7 nitrogen and oxygen atoms in total. The van der Waals surface area contributed by atoms with E-state index in [4.69, 9.17) is 10.5 Å². The van der Waals surface area contributed by atoms with E-state index in [0.29, 0.717) is 13.0 Å². The number of nitrogens with one attached hydrogen (secondary N) is 2. The highest BCUT2D eigenvalue weighted by molar-refractivity contribution is 5.75. The van der Waals surface area contributed by atoms with Crippen LogP contribution in [0.5, 0.6) is 0 Å². The summed E-state index contributed by atoms with van der Waals surface area (Å²) in [6, 6.07) is 10.2. The molecule has 37 heavy (non-hydrogen) atoms. The predicted octanol–water partition coefficient (Wildman–Crippen LogP) is 6.86. The van der Waals surface area contributed by atoms with Crippen molar-refractivity contribution in [1.29, 1.82) is 0 Å². The third kappa shape index (κ3) is 27.7. The van der Waals surface area contributed by atoms with E-state index in [9.17, 15) is 9.59 Å². The van der Waals surface area contributed by atoms with E-state index in [1.54, 1.807) is 20.8 Å². The molecule has 7 heteroatoms. The summed E-state index contributed by atoms with van der Waals surface area (Å²) in [4.78, 5) is 21.9. The molecule has 1 aromatic carbocycles. The van der Waals surface area contributed by atoms with Gasteiger partial charge < -0.3 is 25.8 Å². The fourth-order valence-corrected chi connectivity index (χ4v) is 2.94. The number of carbonyl (C=O) groups is 2. The molecule has 0 heterocycles. The maximum atomic E-state index is 11.9. The van der Waals surface area contributed by atoms with Gasteiger partial charge in [0.2, 0.25) is 5.91 Å². The molecular weight excluding hydrogens is 466 g/mol. The first-order valence-corrected chi connectivity index (χ1v) is 13.7. The molecule has 4 N–H and O–H groups in total. The minimum Gasteiger partial charge on any atom is -0.474 e. The zero-order chi connectivity index (χ0) is 28.7. The van der Waals surface area contributed by atoms with Gasteiger partial charge in [-0.3, -0.25) is 4.79 Å². The molecule has 0 radical (unpaired) electrons. The van der Waals surface area contributed by atoms with Crippen molar-refractivity contribution in [1.82, 2.24) is 10.6 Å². The number of carbonyl (C=O) groups excluding carboxylic acids is 2. The van der Waals surface area contributed by atoms with Gasteiger partial charge in [0.05, 0.1) is 0 Å². The van der Waals surface area contributed by atoms with Crippen LogP contribution in [0, 0.1) is 0 Å². The lowest BCUT2D eigenvalue weighted by molar-refractivity contribution is -0.121. The molecule has 0 fully saturated rings. The maximum Gasteiger partial charge on any atom is 0.405 e. The molecule has 0 saturated carbocycles. The molecule has 0 atom stereocenters. The average Bonchev–Trinajstić information content (AvgIpc) is 2.79. The molecule has 0 aliphatic rings. The van der Waals surface area contributed by atoms with Gasteiger partial charge in [0, 0.05) is 19.5 Å². The molecule has 1 aromatic rings. The molecule has 2 amide bonds. The SMILES string of the molecule is CC.CC(C)(C)OC(N)=O.CCC/C=C(/NCCCCCC(=O)NCCc1ccccc1)OC(C)(C)C. The number of hydrogen-bond acceptors (Lipinski definition) is 5. The fourth-order valence-electron chi connectivity index (χ4n) is 2.94. The Labute approximate surface area is 227 Å². The van der Waals surface area contributed by atoms with Crippen LogP contribution in [-0.4, -0.2) is 36.3 Å². The number of hydrogen-bond donors (Lipinski definition) is 3. The Hall–Kier alpha value is -2.70. The average molecular weight is 522 g/mol. The summed E-state index contributed by atoms with van der Waals surface area (Å²) < 4.78 is 10.5. The van der Waals surface area contributed by atoms with Crippen molar-refractivity contribution in [3.63, 3.8) is 0 Å². The van der Waals surface area contributed by atoms with Gasteiger partial charge in [-0.05, 0) is 78.9 Å². The predicted molar refractivity (Wildman–Crippen MR) is 155 cm³/mol. The van der Waals surface area contributed by atoms with E-state index in [0.717, 1.165) is 51.0 Å². The molecule has 214 valence electrons. The van der Waals surface area contributed by atoms with Crippen LogP contribution in [0.1, 0.15) is 106 Å². The van der Waals surface area contributed by atoms with E-state index in [2.05, 4.69) is 61.3 Å².